The molecule has 11 heteroatoms. The number of nitrogens with one attached hydrogen (secondary N) is 2. The monoisotopic (exact) mass is 572 g/mol. The molecule has 0 fully saturated rings. The van der Waals surface area contributed by atoms with E-state index in [1.165, 1.54) is 6.21 Å². The lowest BCUT2D eigenvalue weighted by Gasteiger charge is -2.21. The second-order valence-corrected chi connectivity index (χ2v) is 10.7. The first-order valence-corrected chi connectivity index (χ1v) is 14.3. The Bertz CT molecular complexity index is 1580. The summed E-state index contributed by atoms with van der Waals surface area (Å²) in [6.45, 7) is -0.620. The summed E-state index contributed by atoms with van der Waals surface area (Å²) in [6.07, 6.45) is 2.43. The molecule has 10 nitrogen and oxygen atoms in total. The van der Waals surface area contributed by atoms with Crippen LogP contribution in [0.2, 0.25) is 0 Å². The minimum atomic E-state index is -3.76. The summed E-state index contributed by atoms with van der Waals surface area (Å²) in [5, 5.41) is 6.65. The third-order valence-electron chi connectivity index (χ3n) is 5.50. The lowest BCUT2D eigenvalue weighted by molar-refractivity contribution is -0.119. The molecule has 2 amide bonds. The van der Waals surface area contributed by atoms with E-state index in [1.807, 2.05) is 36.4 Å². The Kier molecular flexibility index (Phi) is 9.68. The molecule has 0 aliphatic carbocycles. The first-order valence-electron chi connectivity index (χ1n) is 12.5. The lowest BCUT2D eigenvalue weighted by Crippen LogP contribution is -2.38. The van der Waals surface area contributed by atoms with E-state index >= 15 is 0 Å². The second kappa shape index (κ2) is 13.8. The Labute approximate surface area is 238 Å². The standard InChI is InChI=1S/C30H28N4O6S/c1-41(37,38)34(25-14-18-28(19-15-25)40-27-10-6-3-7-11-27)21-29(35)33-31-20-23-12-16-26(17-13-23)39-22-30(36)32-24-8-4-2-5-9-24/h2-20H,21-22H2,1H3,(H,32,36)(H,33,35)/b31-20-. The number of hydrazone groups is 1. The second-order valence-electron chi connectivity index (χ2n) is 8.74. The van der Waals surface area contributed by atoms with Gasteiger partial charge in [-0.25, -0.2) is 13.8 Å². The highest BCUT2D eigenvalue weighted by atomic mass is 32.2. The third-order valence-corrected chi connectivity index (χ3v) is 6.64. The number of rotatable bonds is 12. The Morgan fingerprint density at radius 2 is 1.37 bits per heavy atom. The summed E-state index contributed by atoms with van der Waals surface area (Å²) in [5.74, 6) is 0.739. The van der Waals surface area contributed by atoms with Gasteiger partial charge in [0.1, 0.15) is 23.8 Å². The number of carbonyl (C=O) groups is 2. The topological polar surface area (TPSA) is 126 Å². The molecule has 0 aliphatic rings. The molecule has 0 unspecified atom stereocenters. The van der Waals surface area contributed by atoms with Crippen molar-refractivity contribution in [3.63, 3.8) is 0 Å². The molecule has 0 atom stereocenters. The van der Waals surface area contributed by atoms with Crippen LogP contribution in [0.5, 0.6) is 17.2 Å². The van der Waals surface area contributed by atoms with E-state index in [4.69, 9.17) is 9.47 Å². The summed E-state index contributed by atoms with van der Waals surface area (Å²) in [5.41, 5.74) is 3.98. The molecule has 0 aliphatic heterocycles. The highest BCUT2D eigenvalue weighted by molar-refractivity contribution is 7.92. The van der Waals surface area contributed by atoms with Crippen molar-refractivity contribution in [2.75, 3.05) is 29.0 Å². The summed E-state index contributed by atoms with van der Waals surface area (Å²) in [7, 11) is -3.76. The van der Waals surface area contributed by atoms with Crippen molar-refractivity contribution < 1.29 is 27.5 Å². The van der Waals surface area contributed by atoms with Crippen LogP contribution >= 0.6 is 0 Å². The van der Waals surface area contributed by atoms with Crippen LogP contribution < -0.4 is 24.5 Å². The number of ether oxygens (including phenoxy) is 2. The van der Waals surface area contributed by atoms with Gasteiger partial charge in [-0.1, -0.05) is 36.4 Å². The van der Waals surface area contributed by atoms with Gasteiger partial charge >= 0.3 is 0 Å². The summed E-state index contributed by atoms with van der Waals surface area (Å²) in [6, 6.07) is 31.3. The Morgan fingerprint density at radius 3 is 2.00 bits per heavy atom. The van der Waals surface area contributed by atoms with Crippen molar-refractivity contribution in [2.24, 2.45) is 5.10 Å². The normalized spacial score (nSPS) is 11.0. The zero-order valence-electron chi connectivity index (χ0n) is 22.1. The van der Waals surface area contributed by atoms with E-state index < -0.39 is 22.5 Å². The number of hydrogen-bond acceptors (Lipinski definition) is 7. The maximum Gasteiger partial charge on any atom is 0.262 e. The van der Waals surface area contributed by atoms with Gasteiger partial charge in [-0.15, -0.1) is 0 Å². The van der Waals surface area contributed by atoms with Gasteiger partial charge in [0.15, 0.2) is 6.61 Å². The molecule has 4 aromatic rings. The van der Waals surface area contributed by atoms with Crippen LogP contribution in [0.4, 0.5) is 11.4 Å². The Hall–Kier alpha value is -5.16. The summed E-state index contributed by atoms with van der Waals surface area (Å²) >= 11 is 0. The number of carbonyl (C=O) groups excluding carboxylic acids is 2. The van der Waals surface area contributed by atoms with Crippen molar-refractivity contribution in [1.82, 2.24) is 5.43 Å². The van der Waals surface area contributed by atoms with Gasteiger partial charge < -0.3 is 14.8 Å². The van der Waals surface area contributed by atoms with E-state index in [2.05, 4.69) is 15.8 Å². The van der Waals surface area contributed by atoms with Gasteiger partial charge in [-0.2, -0.15) is 5.10 Å². The van der Waals surface area contributed by atoms with Crippen LogP contribution in [0.1, 0.15) is 5.56 Å². The van der Waals surface area contributed by atoms with Gasteiger partial charge in [0.05, 0.1) is 18.2 Å². The highest BCUT2D eigenvalue weighted by Gasteiger charge is 2.21. The van der Waals surface area contributed by atoms with Crippen molar-refractivity contribution in [3.05, 3.63) is 115 Å². The molecule has 210 valence electrons. The van der Waals surface area contributed by atoms with Crippen LogP contribution in [-0.2, 0) is 19.6 Å². The average molecular weight is 573 g/mol. The zero-order chi connectivity index (χ0) is 29.1. The van der Waals surface area contributed by atoms with E-state index in [-0.39, 0.29) is 12.5 Å². The molecule has 4 aromatic carbocycles. The van der Waals surface area contributed by atoms with Crippen molar-refractivity contribution in [2.45, 2.75) is 0 Å². The van der Waals surface area contributed by atoms with E-state index in [0.717, 1.165) is 10.6 Å². The van der Waals surface area contributed by atoms with Crippen LogP contribution in [0.3, 0.4) is 0 Å². The first-order chi connectivity index (χ1) is 19.8. The molecular formula is C30H28N4O6S. The molecule has 0 radical (unpaired) electrons. The van der Waals surface area contributed by atoms with E-state index in [0.29, 0.717) is 34.2 Å². The van der Waals surface area contributed by atoms with Gasteiger partial charge in [0.25, 0.3) is 11.8 Å². The number of hydrogen-bond donors (Lipinski definition) is 2. The zero-order valence-corrected chi connectivity index (χ0v) is 23.0. The van der Waals surface area contributed by atoms with Crippen molar-refractivity contribution >= 4 is 39.4 Å². The number of sulfonamides is 1. The molecule has 0 bridgehead atoms. The quantitative estimate of drug-likeness (QED) is 0.191. The SMILES string of the molecule is CS(=O)(=O)N(CC(=O)N/N=C\c1ccc(OCC(=O)Nc2ccccc2)cc1)c1ccc(Oc2ccccc2)cc1. The van der Waals surface area contributed by atoms with Crippen LogP contribution in [0.25, 0.3) is 0 Å². The predicted octanol–water partition coefficient (Wildman–Crippen LogP) is 4.41. The Balaban J connectivity index is 1.27. The number of benzene rings is 4. The lowest BCUT2D eigenvalue weighted by atomic mass is 10.2. The van der Waals surface area contributed by atoms with Gasteiger partial charge in [-0.05, 0) is 78.4 Å². The van der Waals surface area contributed by atoms with Crippen molar-refractivity contribution in [1.29, 1.82) is 0 Å². The molecular weight excluding hydrogens is 544 g/mol. The fourth-order valence-corrected chi connectivity index (χ4v) is 4.42. The largest absolute Gasteiger partial charge is 0.484 e. The van der Waals surface area contributed by atoms with Gasteiger partial charge in [0, 0.05) is 5.69 Å². The molecule has 4 rings (SSSR count). The minimum Gasteiger partial charge on any atom is -0.484 e. The number of para-hydroxylation sites is 2. The molecule has 0 saturated heterocycles. The number of anilines is 2. The molecule has 2 N–H and O–H groups in total. The van der Waals surface area contributed by atoms with Gasteiger partial charge in [0.2, 0.25) is 10.0 Å². The number of amides is 2. The molecule has 0 heterocycles. The first kappa shape index (κ1) is 28.8. The minimum absolute atomic E-state index is 0.155. The van der Waals surface area contributed by atoms with Crippen molar-refractivity contribution in [3.8, 4) is 17.2 Å². The average Bonchev–Trinajstić information content (AvgIpc) is 2.96. The molecule has 0 saturated carbocycles. The van der Waals surface area contributed by atoms with E-state index in [9.17, 15) is 18.0 Å². The molecule has 0 aromatic heterocycles. The maximum atomic E-state index is 12.5. The molecule has 0 spiro atoms. The van der Waals surface area contributed by atoms with Crippen LogP contribution in [0.15, 0.2) is 114 Å². The summed E-state index contributed by atoms with van der Waals surface area (Å²) < 4.78 is 37.0. The van der Waals surface area contributed by atoms with Crippen LogP contribution in [0, 0.1) is 0 Å². The third kappa shape index (κ3) is 9.22. The number of nitrogens with zero attached hydrogens (tertiary/aromatic N) is 2. The van der Waals surface area contributed by atoms with Gasteiger partial charge in [-0.3, -0.25) is 13.9 Å². The van der Waals surface area contributed by atoms with Crippen LogP contribution in [-0.4, -0.2) is 45.9 Å². The summed E-state index contributed by atoms with van der Waals surface area (Å²) in [4.78, 5) is 24.5. The predicted molar refractivity (Wildman–Crippen MR) is 158 cm³/mol. The maximum absolute atomic E-state index is 12.5. The molecule has 41 heavy (non-hydrogen) atoms. The fourth-order valence-electron chi connectivity index (χ4n) is 3.57. The smallest absolute Gasteiger partial charge is 0.262 e. The Morgan fingerprint density at radius 1 is 0.780 bits per heavy atom. The fraction of sp³-hybridized carbons (Fsp3) is 0.100. The highest BCUT2D eigenvalue weighted by Crippen LogP contribution is 2.25. The van der Waals surface area contributed by atoms with E-state index in [1.54, 1.807) is 72.8 Å².